The minimum Gasteiger partial charge on any atom is -0.352 e. The van der Waals surface area contributed by atoms with Crippen LogP contribution in [0.4, 0.5) is 5.69 Å². The average molecular weight is 508 g/mol. The van der Waals surface area contributed by atoms with Gasteiger partial charge in [-0.15, -0.1) is 0 Å². The third-order valence-electron chi connectivity index (χ3n) is 5.40. The van der Waals surface area contributed by atoms with E-state index in [1.54, 1.807) is 37.3 Å². The Balaban J connectivity index is 2.48. The molecule has 0 aliphatic heterocycles. The molecular weight excluding hydrogens is 474 g/mol. The number of hydrogen-bond donors (Lipinski definition) is 1. The molecule has 0 bridgehead atoms. The third-order valence-corrected chi connectivity index (χ3v) is 6.77. The molecule has 0 fully saturated rings. The molecule has 1 atom stereocenters. The van der Waals surface area contributed by atoms with Crippen LogP contribution < -0.4 is 9.62 Å². The molecule has 2 aromatic carbocycles. The Kier molecular flexibility index (Phi) is 9.53. The van der Waals surface area contributed by atoms with Crippen LogP contribution in [0, 0.1) is 13.8 Å². The Morgan fingerprint density at radius 3 is 2.21 bits per heavy atom. The van der Waals surface area contributed by atoms with Crippen molar-refractivity contribution in [2.24, 2.45) is 0 Å². The van der Waals surface area contributed by atoms with E-state index in [0.717, 1.165) is 27.3 Å². The number of rotatable bonds is 10. The van der Waals surface area contributed by atoms with E-state index in [1.165, 1.54) is 4.90 Å². The Labute approximate surface area is 208 Å². The second kappa shape index (κ2) is 11.7. The molecule has 0 aliphatic rings. The van der Waals surface area contributed by atoms with Gasteiger partial charge in [0.1, 0.15) is 12.6 Å². The van der Waals surface area contributed by atoms with Crippen molar-refractivity contribution in [1.82, 2.24) is 10.2 Å². The van der Waals surface area contributed by atoms with Gasteiger partial charge in [-0.25, -0.2) is 8.42 Å². The fourth-order valence-corrected chi connectivity index (χ4v) is 4.69. The second-order valence-electron chi connectivity index (χ2n) is 8.80. The predicted octanol–water partition coefficient (Wildman–Crippen LogP) is 4.05. The van der Waals surface area contributed by atoms with E-state index in [1.807, 2.05) is 39.8 Å². The topological polar surface area (TPSA) is 86.8 Å². The van der Waals surface area contributed by atoms with Crippen molar-refractivity contribution < 1.29 is 18.0 Å². The minimum atomic E-state index is -3.77. The number of nitrogens with one attached hydrogen (secondary N) is 1. The number of aryl methyl sites for hydroxylation is 2. The van der Waals surface area contributed by atoms with Gasteiger partial charge in [0, 0.05) is 17.6 Å². The normalized spacial score (nSPS) is 12.4. The van der Waals surface area contributed by atoms with Gasteiger partial charge in [-0.1, -0.05) is 42.8 Å². The Morgan fingerprint density at radius 2 is 1.68 bits per heavy atom. The van der Waals surface area contributed by atoms with Gasteiger partial charge in [0.15, 0.2) is 0 Å². The lowest BCUT2D eigenvalue weighted by atomic mass is 10.1. The van der Waals surface area contributed by atoms with Crippen LogP contribution in [0.3, 0.4) is 0 Å². The van der Waals surface area contributed by atoms with Crippen LogP contribution >= 0.6 is 11.6 Å². The highest BCUT2D eigenvalue weighted by molar-refractivity contribution is 7.92. The summed E-state index contributed by atoms with van der Waals surface area (Å²) < 4.78 is 26.6. The van der Waals surface area contributed by atoms with Crippen LogP contribution in [0.15, 0.2) is 42.5 Å². The SMILES string of the molecule is CC[C@@H](C(=O)NC(C)C)N(Cc1ccc(Cl)cc1)C(=O)CN(c1cc(C)ccc1C)S(C)(=O)=O. The van der Waals surface area contributed by atoms with Gasteiger partial charge in [-0.05, 0) is 69.0 Å². The molecule has 2 amide bonds. The van der Waals surface area contributed by atoms with Crippen molar-refractivity contribution in [3.8, 4) is 0 Å². The second-order valence-corrected chi connectivity index (χ2v) is 11.1. The molecule has 34 heavy (non-hydrogen) atoms. The van der Waals surface area contributed by atoms with Crippen molar-refractivity contribution in [1.29, 1.82) is 0 Å². The first-order chi connectivity index (χ1) is 15.8. The Bertz CT molecular complexity index is 1120. The van der Waals surface area contributed by atoms with Gasteiger partial charge in [0.25, 0.3) is 0 Å². The summed E-state index contributed by atoms with van der Waals surface area (Å²) in [5.41, 5.74) is 2.84. The smallest absolute Gasteiger partial charge is 0.244 e. The maximum absolute atomic E-state index is 13.6. The molecule has 0 unspecified atom stereocenters. The molecule has 2 rings (SSSR count). The molecule has 0 radical (unpaired) electrons. The first-order valence-electron chi connectivity index (χ1n) is 11.2. The molecule has 9 heteroatoms. The molecule has 0 aliphatic carbocycles. The van der Waals surface area contributed by atoms with Gasteiger partial charge >= 0.3 is 0 Å². The summed E-state index contributed by atoms with van der Waals surface area (Å²) in [5, 5.41) is 3.43. The van der Waals surface area contributed by atoms with Crippen molar-refractivity contribution in [2.75, 3.05) is 17.1 Å². The lowest BCUT2D eigenvalue weighted by Crippen LogP contribution is -2.53. The maximum Gasteiger partial charge on any atom is 0.244 e. The fourth-order valence-electron chi connectivity index (χ4n) is 3.67. The number of anilines is 1. The summed E-state index contributed by atoms with van der Waals surface area (Å²) in [6, 6.07) is 11.6. The highest BCUT2D eigenvalue weighted by Crippen LogP contribution is 2.25. The average Bonchev–Trinajstić information content (AvgIpc) is 2.73. The van der Waals surface area contributed by atoms with Gasteiger partial charge < -0.3 is 10.2 Å². The number of sulfonamides is 1. The molecule has 1 N–H and O–H groups in total. The number of halogens is 1. The van der Waals surface area contributed by atoms with E-state index in [2.05, 4.69) is 5.32 Å². The van der Waals surface area contributed by atoms with Crippen LogP contribution in [0.5, 0.6) is 0 Å². The number of carbonyl (C=O) groups is 2. The molecular formula is C25H34ClN3O4S. The zero-order valence-corrected chi connectivity index (χ0v) is 22.2. The van der Waals surface area contributed by atoms with E-state index in [4.69, 9.17) is 11.6 Å². The number of amides is 2. The quantitative estimate of drug-likeness (QED) is 0.525. The van der Waals surface area contributed by atoms with E-state index < -0.39 is 28.5 Å². The van der Waals surface area contributed by atoms with E-state index in [-0.39, 0.29) is 18.5 Å². The minimum absolute atomic E-state index is 0.100. The summed E-state index contributed by atoms with van der Waals surface area (Å²) in [4.78, 5) is 28.1. The van der Waals surface area contributed by atoms with Crippen molar-refractivity contribution >= 4 is 39.1 Å². The number of hydrogen-bond acceptors (Lipinski definition) is 4. The predicted molar refractivity (Wildman–Crippen MR) is 137 cm³/mol. The standard InChI is InChI=1S/C25H34ClN3O4S/c1-7-22(25(31)27-17(2)3)28(15-20-10-12-21(26)13-11-20)24(30)16-29(34(6,32)33)23-14-18(4)8-9-19(23)5/h8-14,17,22H,7,15-16H2,1-6H3,(H,27,31)/t22-/m0/s1. The highest BCUT2D eigenvalue weighted by Gasteiger charge is 2.32. The van der Waals surface area contributed by atoms with Crippen LogP contribution in [-0.4, -0.2) is 50.0 Å². The number of benzene rings is 2. The molecule has 2 aromatic rings. The highest BCUT2D eigenvalue weighted by atomic mass is 35.5. The van der Waals surface area contributed by atoms with Crippen LogP contribution in [0.1, 0.15) is 43.9 Å². The fraction of sp³-hybridized carbons (Fsp3) is 0.440. The van der Waals surface area contributed by atoms with Crippen LogP contribution in [0.25, 0.3) is 0 Å². The lowest BCUT2D eigenvalue weighted by Gasteiger charge is -2.33. The lowest BCUT2D eigenvalue weighted by molar-refractivity contribution is -0.140. The van der Waals surface area contributed by atoms with E-state index >= 15 is 0 Å². The Hall–Kier alpha value is -2.58. The first-order valence-corrected chi connectivity index (χ1v) is 13.4. The zero-order valence-electron chi connectivity index (χ0n) is 20.6. The van der Waals surface area contributed by atoms with E-state index in [0.29, 0.717) is 17.1 Å². The zero-order chi connectivity index (χ0) is 25.6. The summed E-state index contributed by atoms with van der Waals surface area (Å²) >= 11 is 6.00. The molecule has 186 valence electrons. The Morgan fingerprint density at radius 1 is 1.06 bits per heavy atom. The summed E-state index contributed by atoms with van der Waals surface area (Å²) in [6.45, 7) is 8.91. The molecule has 7 nitrogen and oxygen atoms in total. The van der Waals surface area contributed by atoms with Gasteiger partial charge in [0.05, 0.1) is 11.9 Å². The largest absolute Gasteiger partial charge is 0.352 e. The molecule has 0 heterocycles. The molecule has 0 spiro atoms. The molecule has 0 saturated heterocycles. The number of nitrogens with zero attached hydrogens (tertiary/aromatic N) is 2. The van der Waals surface area contributed by atoms with Gasteiger partial charge in [0.2, 0.25) is 21.8 Å². The maximum atomic E-state index is 13.6. The molecule has 0 aromatic heterocycles. The summed E-state index contributed by atoms with van der Waals surface area (Å²) in [5.74, 6) is -0.746. The van der Waals surface area contributed by atoms with Crippen molar-refractivity contribution in [2.45, 2.75) is 59.7 Å². The van der Waals surface area contributed by atoms with Gasteiger partial charge in [-0.3, -0.25) is 13.9 Å². The summed E-state index contributed by atoms with van der Waals surface area (Å²) in [7, 11) is -3.77. The van der Waals surface area contributed by atoms with Crippen molar-refractivity contribution in [3.63, 3.8) is 0 Å². The molecule has 0 saturated carbocycles. The first kappa shape index (κ1) is 27.7. The number of carbonyl (C=O) groups excluding carboxylic acids is 2. The monoisotopic (exact) mass is 507 g/mol. The third kappa shape index (κ3) is 7.46. The van der Waals surface area contributed by atoms with Gasteiger partial charge in [-0.2, -0.15) is 0 Å². The van der Waals surface area contributed by atoms with Crippen LogP contribution in [-0.2, 0) is 26.2 Å². The van der Waals surface area contributed by atoms with Crippen LogP contribution in [0.2, 0.25) is 5.02 Å². The summed E-state index contributed by atoms with van der Waals surface area (Å²) in [6.07, 6.45) is 1.45. The van der Waals surface area contributed by atoms with E-state index in [9.17, 15) is 18.0 Å². The van der Waals surface area contributed by atoms with Crippen molar-refractivity contribution in [3.05, 3.63) is 64.2 Å².